The van der Waals surface area contributed by atoms with E-state index in [1.54, 1.807) is 30.3 Å². The third-order valence-electron chi connectivity index (χ3n) is 9.34. The fraction of sp³-hybridized carbons (Fsp3) is 0.297. The predicted molar refractivity (Wildman–Crippen MR) is 189 cm³/mol. The standard InChI is InChI=1S/C37H33ClF2N8O2/c1-41-19-26-21-47(16-17-48(26)36(49)30(39)18-24-10-3-4-14-42-24)35-28-20-43-33(27-12-5-8-23-9-6-13-29(38)31(23)27)32(40)34(28)44-37(45-35)50-22-25-11-7-15-46(25)2/h3-6,8-10,12-14,18,20,25-26H,7,11,15-17,19,21-22H2,2H3/b30-18-/t25-,26-/m0/s1. The number of nitrogens with zero attached hydrogens (tertiary/aromatic N) is 8. The van der Waals surface area contributed by atoms with Crippen LogP contribution < -0.4 is 9.64 Å². The summed E-state index contributed by atoms with van der Waals surface area (Å²) < 4.78 is 38.1. The average Bonchev–Trinajstić information content (AvgIpc) is 3.55. The Kier molecular flexibility index (Phi) is 9.52. The van der Waals surface area contributed by atoms with Crippen molar-refractivity contribution in [3.63, 3.8) is 0 Å². The number of ether oxygens (including phenoxy) is 1. The van der Waals surface area contributed by atoms with Crippen molar-refractivity contribution >= 4 is 51.1 Å². The number of carbonyl (C=O) groups excluding carboxylic acids is 1. The molecule has 0 spiro atoms. The Morgan fingerprint density at radius 3 is 2.68 bits per heavy atom. The Balaban J connectivity index is 1.27. The van der Waals surface area contributed by atoms with Crippen LogP contribution in [-0.2, 0) is 4.79 Å². The van der Waals surface area contributed by atoms with Crippen LogP contribution in [0.2, 0.25) is 5.02 Å². The van der Waals surface area contributed by atoms with Crippen LogP contribution in [-0.4, -0.2) is 94.1 Å². The second-order valence-corrected chi connectivity index (χ2v) is 12.8. The first-order chi connectivity index (χ1) is 24.3. The number of benzene rings is 2. The van der Waals surface area contributed by atoms with Crippen molar-refractivity contribution in [3.05, 3.63) is 101 Å². The molecule has 7 rings (SSSR count). The van der Waals surface area contributed by atoms with Crippen molar-refractivity contribution in [3.8, 4) is 17.3 Å². The molecule has 2 fully saturated rings. The maximum Gasteiger partial charge on any atom is 0.319 e. The molecule has 2 atom stereocenters. The normalized spacial score (nSPS) is 18.5. The number of likely N-dealkylation sites (N-methyl/N-ethyl adjacent to an activating group) is 1. The highest BCUT2D eigenvalue weighted by atomic mass is 35.5. The highest BCUT2D eigenvalue weighted by Gasteiger charge is 2.36. The Morgan fingerprint density at radius 1 is 1.08 bits per heavy atom. The third-order valence-corrected chi connectivity index (χ3v) is 9.66. The van der Waals surface area contributed by atoms with Crippen molar-refractivity contribution in [2.45, 2.75) is 24.9 Å². The Bertz CT molecular complexity index is 2140. The molecule has 2 aromatic carbocycles. The monoisotopic (exact) mass is 694 g/mol. The van der Waals surface area contributed by atoms with Crippen LogP contribution >= 0.6 is 11.6 Å². The van der Waals surface area contributed by atoms with Gasteiger partial charge in [-0.2, -0.15) is 9.97 Å². The van der Waals surface area contributed by atoms with Gasteiger partial charge < -0.3 is 24.3 Å². The second kappa shape index (κ2) is 14.3. The Labute approximate surface area is 292 Å². The lowest BCUT2D eigenvalue weighted by Crippen LogP contribution is -2.56. The van der Waals surface area contributed by atoms with Crippen LogP contribution in [0.15, 0.2) is 72.8 Å². The molecule has 5 heterocycles. The van der Waals surface area contributed by atoms with Gasteiger partial charge in [-0.1, -0.05) is 48.0 Å². The van der Waals surface area contributed by atoms with E-state index in [1.165, 1.54) is 17.3 Å². The lowest BCUT2D eigenvalue weighted by molar-refractivity contribution is -0.130. The van der Waals surface area contributed by atoms with Gasteiger partial charge in [-0.05, 0) is 50.0 Å². The average molecular weight is 695 g/mol. The van der Waals surface area contributed by atoms with Crippen LogP contribution in [0.25, 0.3) is 43.9 Å². The summed E-state index contributed by atoms with van der Waals surface area (Å²) in [7, 11) is 2.04. The van der Waals surface area contributed by atoms with Crippen LogP contribution in [0.4, 0.5) is 14.6 Å². The molecule has 0 saturated carbocycles. The van der Waals surface area contributed by atoms with Gasteiger partial charge in [0, 0.05) is 60.1 Å². The summed E-state index contributed by atoms with van der Waals surface area (Å²) in [5, 5.41) is 2.32. The first kappa shape index (κ1) is 33.3. The number of hydrogen-bond donors (Lipinski definition) is 0. The molecule has 5 aromatic rings. The molecule has 254 valence electrons. The highest BCUT2D eigenvalue weighted by molar-refractivity contribution is 6.36. The molecular weight excluding hydrogens is 662 g/mol. The van der Waals surface area contributed by atoms with E-state index in [2.05, 4.69) is 24.7 Å². The number of aromatic nitrogens is 4. The molecule has 0 aliphatic carbocycles. The second-order valence-electron chi connectivity index (χ2n) is 12.4. The number of fused-ring (bicyclic) bond motifs is 2. The molecular formula is C37H33ClF2N8O2. The molecule has 0 unspecified atom stereocenters. The largest absolute Gasteiger partial charge is 0.462 e. The van der Waals surface area contributed by atoms with E-state index in [-0.39, 0.29) is 49.4 Å². The van der Waals surface area contributed by atoms with Gasteiger partial charge in [-0.3, -0.25) is 14.8 Å². The van der Waals surface area contributed by atoms with Gasteiger partial charge in [0.05, 0.1) is 11.1 Å². The summed E-state index contributed by atoms with van der Waals surface area (Å²) in [5.41, 5.74) is 0.928. The fourth-order valence-corrected chi connectivity index (χ4v) is 7.02. The van der Waals surface area contributed by atoms with Gasteiger partial charge in [0.2, 0.25) is 6.54 Å². The number of amides is 1. The maximum atomic E-state index is 16.8. The van der Waals surface area contributed by atoms with Crippen molar-refractivity contribution in [1.29, 1.82) is 0 Å². The summed E-state index contributed by atoms with van der Waals surface area (Å²) in [6.45, 7) is 9.26. The van der Waals surface area contributed by atoms with Gasteiger partial charge in [-0.25, -0.2) is 15.4 Å². The first-order valence-corrected chi connectivity index (χ1v) is 16.7. The molecule has 0 radical (unpaired) electrons. The fourth-order valence-electron chi connectivity index (χ4n) is 6.73. The van der Waals surface area contributed by atoms with Crippen molar-refractivity contribution < 1.29 is 18.3 Å². The van der Waals surface area contributed by atoms with Gasteiger partial charge in [0.25, 0.3) is 5.91 Å². The molecule has 10 nitrogen and oxygen atoms in total. The predicted octanol–water partition coefficient (Wildman–Crippen LogP) is 6.45. The Hall–Kier alpha value is -5.25. The van der Waals surface area contributed by atoms with Crippen molar-refractivity contribution in [1.82, 2.24) is 29.7 Å². The van der Waals surface area contributed by atoms with E-state index in [9.17, 15) is 4.79 Å². The summed E-state index contributed by atoms with van der Waals surface area (Å²) in [6.07, 6.45) is 6.14. The van der Waals surface area contributed by atoms with Gasteiger partial charge in [-0.15, -0.1) is 0 Å². The number of halogens is 3. The van der Waals surface area contributed by atoms with Crippen molar-refractivity contribution in [2.24, 2.45) is 0 Å². The van der Waals surface area contributed by atoms with Crippen LogP contribution in [0, 0.1) is 12.4 Å². The SMILES string of the molecule is [C-]#[N+]C[C@H]1CN(c2nc(OC[C@@H]3CCCN3C)nc3c(F)c(-c4cccc5cccc(Cl)c45)ncc23)CCN1C(=O)/C(F)=C/c1ccccn1. The lowest BCUT2D eigenvalue weighted by Gasteiger charge is -2.39. The molecule has 2 aliphatic rings. The number of piperazine rings is 1. The van der Waals surface area contributed by atoms with E-state index in [1.807, 2.05) is 36.2 Å². The number of likely N-dealkylation sites (tertiary alicyclic amines) is 1. The minimum absolute atomic E-state index is 0.00405. The van der Waals surface area contributed by atoms with Crippen LogP contribution in [0.5, 0.6) is 6.01 Å². The Morgan fingerprint density at radius 2 is 1.92 bits per heavy atom. The van der Waals surface area contributed by atoms with E-state index in [0.717, 1.165) is 30.8 Å². The number of pyridine rings is 2. The summed E-state index contributed by atoms with van der Waals surface area (Å²) in [4.78, 5) is 40.2. The molecule has 0 N–H and O–H groups in total. The number of carbonyl (C=O) groups is 1. The molecule has 13 heteroatoms. The minimum atomic E-state index is -0.973. The van der Waals surface area contributed by atoms with Gasteiger partial charge in [0.1, 0.15) is 29.7 Å². The summed E-state index contributed by atoms with van der Waals surface area (Å²) in [6, 6.07) is 15.5. The lowest BCUT2D eigenvalue weighted by atomic mass is 10.0. The zero-order chi connectivity index (χ0) is 34.8. The van der Waals surface area contributed by atoms with Gasteiger partial charge >= 0.3 is 6.01 Å². The molecule has 2 saturated heterocycles. The quantitative estimate of drug-likeness (QED) is 0.135. The topological polar surface area (TPSA) is 91.9 Å². The van der Waals surface area contributed by atoms with E-state index in [0.29, 0.717) is 39.5 Å². The van der Waals surface area contributed by atoms with Crippen LogP contribution in [0.1, 0.15) is 18.5 Å². The molecule has 3 aromatic heterocycles. The zero-order valence-corrected chi connectivity index (χ0v) is 28.0. The maximum absolute atomic E-state index is 16.8. The number of rotatable bonds is 8. The van der Waals surface area contributed by atoms with E-state index >= 15 is 8.78 Å². The van der Waals surface area contributed by atoms with E-state index in [4.69, 9.17) is 27.9 Å². The first-order valence-electron chi connectivity index (χ1n) is 16.4. The molecule has 50 heavy (non-hydrogen) atoms. The summed E-state index contributed by atoms with van der Waals surface area (Å²) >= 11 is 6.60. The molecule has 0 bridgehead atoms. The van der Waals surface area contributed by atoms with Crippen LogP contribution in [0.3, 0.4) is 0 Å². The molecule has 2 aliphatic heterocycles. The van der Waals surface area contributed by atoms with Crippen molar-refractivity contribution in [2.75, 3.05) is 51.3 Å². The minimum Gasteiger partial charge on any atom is -0.462 e. The smallest absolute Gasteiger partial charge is 0.319 e. The van der Waals surface area contributed by atoms with E-state index < -0.39 is 23.6 Å². The highest BCUT2D eigenvalue weighted by Crippen LogP contribution is 2.37. The third kappa shape index (κ3) is 6.54. The number of anilines is 1. The molecule has 1 amide bonds. The summed E-state index contributed by atoms with van der Waals surface area (Å²) in [5.74, 6) is -2.10. The number of hydrogen-bond acceptors (Lipinski definition) is 8. The zero-order valence-electron chi connectivity index (χ0n) is 27.3. The van der Waals surface area contributed by atoms with Gasteiger partial charge in [0.15, 0.2) is 11.6 Å².